The number of benzene rings is 1. The van der Waals surface area contributed by atoms with E-state index in [9.17, 15) is 4.79 Å². The van der Waals surface area contributed by atoms with Gasteiger partial charge in [-0.3, -0.25) is 0 Å². The van der Waals surface area contributed by atoms with Crippen molar-refractivity contribution in [3.8, 4) is 0 Å². The number of piperidine rings is 1. The van der Waals surface area contributed by atoms with E-state index in [-0.39, 0.29) is 12.1 Å². The third-order valence-electron chi connectivity index (χ3n) is 4.56. The Balaban J connectivity index is 1.72. The summed E-state index contributed by atoms with van der Waals surface area (Å²) >= 11 is 0. The number of para-hydroxylation sites is 1. The Kier molecular flexibility index (Phi) is 4.10. The zero-order valence-corrected chi connectivity index (χ0v) is 13.7. The molecule has 2 amide bonds. The van der Waals surface area contributed by atoms with Crippen molar-refractivity contribution in [3.05, 3.63) is 36.0 Å². The highest BCUT2D eigenvalue weighted by molar-refractivity contribution is 5.84. The second kappa shape index (κ2) is 6.03. The fraction of sp³-hybridized carbons (Fsp3) is 0.500. The van der Waals surface area contributed by atoms with Crippen LogP contribution in [0, 0.1) is 0 Å². The second-order valence-corrected chi connectivity index (χ2v) is 6.58. The average Bonchev–Trinajstić information content (AvgIpc) is 2.84. The zero-order valence-electron chi connectivity index (χ0n) is 13.7. The van der Waals surface area contributed by atoms with Crippen LogP contribution in [0.25, 0.3) is 10.9 Å². The molecule has 4 heteroatoms. The molecule has 0 spiro atoms. The van der Waals surface area contributed by atoms with Gasteiger partial charge in [0.1, 0.15) is 0 Å². The van der Waals surface area contributed by atoms with Gasteiger partial charge >= 0.3 is 6.03 Å². The van der Waals surface area contributed by atoms with Crippen LogP contribution in [0.2, 0.25) is 0 Å². The van der Waals surface area contributed by atoms with E-state index in [0.29, 0.717) is 5.92 Å². The van der Waals surface area contributed by atoms with Crippen molar-refractivity contribution in [1.29, 1.82) is 0 Å². The summed E-state index contributed by atoms with van der Waals surface area (Å²) < 4.78 is 2.21. The van der Waals surface area contributed by atoms with Crippen LogP contribution in [-0.4, -0.2) is 34.6 Å². The molecule has 0 bridgehead atoms. The first kappa shape index (κ1) is 14.9. The predicted octanol–water partition coefficient (Wildman–Crippen LogP) is 3.48. The van der Waals surface area contributed by atoms with Crippen LogP contribution in [-0.2, 0) is 7.05 Å². The molecule has 0 saturated carbocycles. The summed E-state index contributed by atoms with van der Waals surface area (Å²) in [4.78, 5) is 14.0. The third-order valence-corrected chi connectivity index (χ3v) is 4.56. The first-order valence-corrected chi connectivity index (χ1v) is 8.15. The van der Waals surface area contributed by atoms with Crippen LogP contribution < -0.4 is 5.32 Å². The highest BCUT2D eigenvalue weighted by Gasteiger charge is 2.25. The van der Waals surface area contributed by atoms with E-state index in [1.165, 1.54) is 16.5 Å². The van der Waals surface area contributed by atoms with Crippen LogP contribution in [0.3, 0.4) is 0 Å². The Morgan fingerprint density at radius 2 is 1.91 bits per heavy atom. The molecule has 118 valence electrons. The number of rotatable bonds is 2. The van der Waals surface area contributed by atoms with Gasteiger partial charge in [-0.1, -0.05) is 18.2 Å². The van der Waals surface area contributed by atoms with Crippen LogP contribution in [0.4, 0.5) is 4.79 Å². The number of nitrogens with zero attached hydrogens (tertiary/aromatic N) is 2. The topological polar surface area (TPSA) is 37.3 Å². The van der Waals surface area contributed by atoms with Gasteiger partial charge in [0.2, 0.25) is 0 Å². The minimum Gasteiger partial charge on any atom is -0.350 e. The lowest BCUT2D eigenvalue weighted by Gasteiger charge is -2.32. The maximum atomic E-state index is 12.1. The number of carbonyl (C=O) groups is 1. The van der Waals surface area contributed by atoms with E-state index >= 15 is 0 Å². The lowest BCUT2D eigenvalue weighted by molar-refractivity contribution is 0.179. The molecule has 22 heavy (non-hydrogen) atoms. The maximum Gasteiger partial charge on any atom is 0.317 e. The smallest absolute Gasteiger partial charge is 0.317 e. The Labute approximate surface area is 132 Å². The SMILES string of the molecule is CC(C)NC(=O)N1CCC(c2cn(C)c3ccccc23)CC1. The number of amides is 2. The van der Waals surface area contributed by atoms with Crippen molar-refractivity contribution in [1.82, 2.24) is 14.8 Å². The molecule has 4 nitrogen and oxygen atoms in total. The van der Waals surface area contributed by atoms with Gasteiger partial charge in [-0.05, 0) is 44.2 Å². The van der Waals surface area contributed by atoms with Crippen molar-refractivity contribution < 1.29 is 4.79 Å². The summed E-state index contributed by atoms with van der Waals surface area (Å²) in [5.41, 5.74) is 2.72. The largest absolute Gasteiger partial charge is 0.350 e. The summed E-state index contributed by atoms with van der Waals surface area (Å²) in [7, 11) is 2.11. The molecule has 3 rings (SSSR count). The van der Waals surface area contributed by atoms with Crippen molar-refractivity contribution in [2.24, 2.45) is 7.05 Å². The second-order valence-electron chi connectivity index (χ2n) is 6.58. The van der Waals surface area contributed by atoms with E-state index in [1.807, 2.05) is 18.7 Å². The molecular formula is C18H25N3O. The Bertz CT molecular complexity index is 666. The molecule has 2 aromatic rings. The molecular weight excluding hydrogens is 274 g/mol. The van der Waals surface area contributed by atoms with E-state index in [4.69, 9.17) is 0 Å². The van der Waals surface area contributed by atoms with Gasteiger partial charge in [0.05, 0.1) is 0 Å². The summed E-state index contributed by atoms with van der Waals surface area (Å²) in [5, 5.41) is 4.34. The van der Waals surface area contributed by atoms with Crippen molar-refractivity contribution in [2.45, 2.75) is 38.6 Å². The van der Waals surface area contributed by atoms with Gasteiger partial charge in [0.25, 0.3) is 0 Å². The summed E-state index contributed by atoms with van der Waals surface area (Å²) in [5.74, 6) is 0.550. The van der Waals surface area contributed by atoms with E-state index < -0.39 is 0 Å². The molecule has 2 heterocycles. The fourth-order valence-corrected chi connectivity index (χ4v) is 3.43. The molecule has 0 unspecified atom stereocenters. The molecule has 0 atom stereocenters. The van der Waals surface area contributed by atoms with Crippen molar-refractivity contribution in [2.75, 3.05) is 13.1 Å². The number of fused-ring (bicyclic) bond motifs is 1. The molecule has 1 aliphatic heterocycles. The van der Waals surface area contributed by atoms with Crippen LogP contribution in [0.5, 0.6) is 0 Å². The number of aryl methyl sites for hydroxylation is 1. The molecule has 1 fully saturated rings. The molecule has 1 aromatic carbocycles. The maximum absolute atomic E-state index is 12.1. The lowest BCUT2D eigenvalue weighted by atomic mass is 9.89. The van der Waals surface area contributed by atoms with Gasteiger partial charge < -0.3 is 14.8 Å². The van der Waals surface area contributed by atoms with Crippen molar-refractivity contribution >= 4 is 16.9 Å². The number of nitrogens with one attached hydrogen (secondary N) is 1. The summed E-state index contributed by atoms with van der Waals surface area (Å²) in [6, 6.07) is 8.85. The van der Waals surface area contributed by atoms with Gasteiger partial charge in [-0.15, -0.1) is 0 Å². The third kappa shape index (κ3) is 2.82. The number of hydrogen-bond donors (Lipinski definition) is 1. The Morgan fingerprint density at radius 1 is 1.23 bits per heavy atom. The number of hydrogen-bond acceptors (Lipinski definition) is 1. The van der Waals surface area contributed by atoms with Gasteiger partial charge in [0.15, 0.2) is 0 Å². The Morgan fingerprint density at radius 3 is 2.59 bits per heavy atom. The van der Waals surface area contributed by atoms with E-state index in [0.717, 1.165) is 25.9 Å². The minimum absolute atomic E-state index is 0.0753. The molecule has 1 N–H and O–H groups in total. The highest BCUT2D eigenvalue weighted by atomic mass is 16.2. The minimum atomic E-state index is 0.0753. The van der Waals surface area contributed by atoms with E-state index in [1.54, 1.807) is 0 Å². The monoisotopic (exact) mass is 299 g/mol. The van der Waals surface area contributed by atoms with E-state index in [2.05, 4.69) is 47.4 Å². The Hall–Kier alpha value is -1.97. The van der Waals surface area contributed by atoms with Gasteiger partial charge in [-0.25, -0.2) is 4.79 Å². The standard InChI is InChI=1S/C18H25N3O/c1-13(2)19-18(22)21-10-8-14(9-11-21)16-12-20(3)17-7-5-4-6-15(16)17/h4-7,12-14H,8-11H2,1-3H3,(H,19,22). The van der Waals surface area contributed by atoms with Crippen LogP contribution in [0.15, 0.2) is 30.5 Å². The normalized spacial score (nSPS) is 16.5. The fourth-order valence-electron chi connectivity index (χ4n) is 3.43. The first-order chi connectivity index (χ1) is 10.6. The molecule has 1 saturated heterocycles. The summed E-state index contributed by atoms with van der Waals surface area (Å²) in [6.07, 6.45) is 4.35. The molecule has 1 aliphatic rings. The molecule has 0 aliphatic carbocycles. The van der Waals surface area contributed by atoms with Gasteiger partial charge in [-0.2, -0.15) is 0 Å². The van der Waals surface area contributed by atoms with Crippen LogP contribution >= 0.6 is 0 Å². The zero-order chi connectivity index (χ0) is 15.7. The number of urea groups is 1. The number of aromatic nitrogens is 1. The molecule has 0 radical (unpaired) electrons. The van der Waals surface area contributed by atoms with Crippen LogP contribution in [0.1, 0.15) is 38.2 Å². The quantitative estimate of drug-likeness (QED) is 0.905. The predicted molar refractivity (Wildman–Crippen MR) is 90.1 cm³/mol. The van der Waals surface area contributed by atoms with Gasteiger partial charge in [0, 0.05) is 43.3 Å². The lowest BCUT2D eigenvalue weighted by Crippen LogP contribution is -2.46. The number of likely N-dealkylation sites (tertiary alicyclic amines) is 1. The first-order valence-electron chi connectivity index (χ1n) is 8.15. The molecule has 1 aromatic heterocycles. The average molecular weight is 299 g/mol. The van der Waals surface area contributed by atoms with Crippen molar-refractivity contribution in [3.63, 3.8) is 0 Å². The highest BCUT2D eigenvalue weighted by Crippen LogP contribution is 2.34. The number of carbonyl (C=O) groups excluding carboxylic acids is 1. The summed E-state index contributed by atoms with van der Waals surface area (Å²) in [6.45, 7) is 5.68.